The summed E-state index contributed by atoms with van der Waals surface area (Å²) in [4.78, 5) is 23.7. The van der Waals surface area contributed by atoms with E-state index in [-0.39, 0.29) is 5.91 Å². The quantitative estimate of drug-likeness (QED) is 0.850. The molecule has 6 heteroatoms. The number of hydrogen-bond acceptors (Lipinski definition) is 4. The standard InChI is InChI=1S/C17H16ClNO4/c1-11(23-15-9-4-3-8-14(15)18)16(20)19-13-7-5-6-12(10-13)17(21)22-2/h3-11H,1-2H3,(H,19,20). The lowest BCUT2D eigenvalue weighted by Gasteiger charge is -2.15. The maximum atomic E-state index is 12.2. The highest BCUT2D eigenvalue weighted by molar-refractivity contribution is 6.32. The van der Waals surface area contributed by atoms with Crippen molar-refractivity contribution in [2.24, 2.45) is 0 Å². The Balaban J connectivity index is 2.04. The third-order valence-electron chi connectivity index (χ3n) is 3.06. The Morgan fingerprint density at radius 3 is 2.57 bits per heavy atom. The van der Waals surface area contributed by atoms with Gasteiger partial charge in [-0.3, -0.25) is 4.79 Å². The zero-order chi connectivity index (χ0) is 16.8. The number of carbonyl (C=O) groups is 2. The molecule has 0 saturated heterocycles. The zero-order valence-electron chi connectivity index (χ0n) is 12.7. The molecule has 0 aliphatic heterocycles. The summed E-state index contributed by atoms with van der Waals surface area (Å²) in [5.41, 5.74) is 0.831. The van der Waals surface area contributed by atoms with Crippen molar-refractivity contribution in [1.29, 1.82) is 0 Å². The molecule has 2 rings (SSSR count). The van der Waals surface area contributed by atoms with E-state index >= 15 is 0 Å². The van der Waals surface area contributed by atoms with Crippen LogP contribution in [0.1, 0.15) is 17.3 Å². The van der Waals surface area contributed by atoms with E-state index < -0.39 is 12.1 Å². The molecule has 1 N–H and O–H groups in total. The van der Waals surface area contributed by atoms with Crippen LogP contribution in [0, 0.1) is 0 Å². The van der Waals surface area contributed by atoms with Gasteiger partial charge in [0.15, 0.2) is 6.10 Å². The molecule has 1 unspecified atom stereocenters. The molecule has 0 heterocycles. The molecule has 0 saturated carbocycles. The number of methoxy groups -OCH3 is 1. The van der Waals surface area contributed by atoms with Crippen molar-refractivity contribution in [3.8, 4) is 5.75 Å². The van der Waals surface area contributed by atoms with Gasteiger partial charge in [0.2, 0.25) is 0 Å². The summed E-state index contributed by atoms with van der Waals surface area (Å²) in [6, 6.07) is 13.4. The molecule has 2 aromatic rings. The van der Waals surface area contributed by atoms with Crippen LogP contribution in [0.5, 0.6) is 5.75 Å². The highest BCUT2D eigenvalue weighted by Gasteiger charge is 2.16. The maximum Gasteiger partial charge on any atom is 0.337 e. The number of benzene rings is 2. The second kappa shape index (κ2) is 7.65. The highest BCUT2D eigenvalue weighted by Crippen LogP contribution is 2.24. The average molecular weight is 334 g/mol. The molecule has 5 nitrogen and oxygen atoms in total. The first-order valence-corrected chi connectivity index (χ1v) is 7.29. The predicted molar refractivity (Wildman–Crippen MR) is 88.0 cm³/mol. The minimum absolute atomic E-state index is 0.352. The van der Waals surface area contributed by atoms with Gasteiger partial charge < -0.3 is 14.8 Å². The minimum atomic E-state index is -0.753. The molecule has 0 spiro atoms. The number of ether oxygens (including phenoxy) is 2. The summed E-state index contributed by atoms with van der Waals surface area (Å²) in [6.45, 7) is 1.61. The summed E-state index contributed by atoms with van der Waals surface area (Å²) in [5.74, 6) is -0.395. The van der Waals surface area contributed by atoms with Gasteiger partial charge in [0, 0.05) is 5.69 Å². The van der Waals surface area contributed by atoms with Gasteiger partial charge in [-0.1, -0.05) is 29.8 Å². The number of esters is 1. The Bertz CT molecular complexity index is 717. The van der Waals surface area contributed by atoms with Crippen molar-refractivity contribution in [2.75, 3.05) is 12.4 Å². The van der Waals surface area contributed by atoms with E-state index in [0.29, 0.717) is 22.0 Å². The lowest BCUT2D eigenvalue weighted by molar-refractivity contribution is -0.122. The fourth-order valence-electron chi connectivity index (χ4n) is 1.87. The molecule has 0 aliphatic carbocycles. The van der Waals surface area contributed by atoms with Gasteiger partial charge in [0.25, 0.3) is 5.91 Å². The predicted octanol–water partition coefficient (Wildman–Crippen LogP) is 3.53. The molecule has 0 aromatic heterocycles. The number of carbonyl (C=O) groups excluding carboxylic acids is 2. The van der Waals surface area contributed by atoms with E-state index in [1.165, 1.54) is 13.2 Å². The third kappa shape index (κ3) is 4.47. The normalized spacial score (nSPS) is 11.4. The molecule has 0 bridgehead atoms. The van der Waals surface area contributed by atoms with E-state index in [9.17, 15) is 9.59 Å². The van der Waals surface area contributed by atoms with Crippen molar-refractivity contribution < 1.29 is 19.1 Å². The lowest BCUT2D eigenvalue weighted by Crippen LogP contribution is -2.30. The van der Waals surface area contributed by atoms with E-state index in [1.807, 2.05) is 0 Å². The van der Waals surface area contributed by atoms with Crippen LogP contribution in [0.25, 0.3) is 0 Å². The molecule has 2 aromatic carbocycles. The average Bonchev–Trinajstić information content (AvgIpc) is 2.56. The lowest BCUT2D eigenvalue weighted by atomic mass is 10.2. The Morgan fingerprint density at radius 1 is 1.13 bits per heavy atom. The molecule has 1 atom stereocenters. The van der Waals surface area contributed by atoms with E-state index in [4.69, 9.17) is 16.3 Å². The fraction of sp³-hybridized carbons (Fsp3) is 0.176. The van der Waals surface area contributed by atoms with Crippen molar-refractivity contribution in [3.63, 3.8) is 0 Å². The van der Waals surface area contributed by atoms with Crippen LogP contribution >= 0.6 is 11.6 Å². The van der Waals surface area contributed by atoms with Crippen LogP contribution in [0.4, 0.5) is 5.69 Å². The number of hydrogen-bond donors (Lipinski definition) is 1. The van der Waals surface area contributed by atoms with Crippen LogP contribution < -0.4 is 10.1 Å². The maximum absolute atomic E-state index is 12.2. The van der Waals surface area contributed by atoms with Crippen LogP contribution in [0.3, 0.4) is 0 Å². The minimum Gasteiger partial charge on any atom is -0.479 e. The van der Waals surface area contributed by atoms with Gasteiger partial charge >= 0.3 is 5.97 Å². The Hall–Kier alpha value is -2.53. The van der Waals surface area contributed by atoms with Crippen molar-refractivity contribution in [1.82, 2.24) is 0 Å². The van der Waals surface area contributed by atoms with Gasteiger partial charge in [-0.2, -0.15) is 0 Å². The summed E-state index contributed by atoms with van der Waals surface area (Å²) >= 11 is 6.00. The van der Waals surface area contributed by atoms with Crippen molar-refractivity contribution in [2.45, 2.75) is 13.0 Å². The third-order valence-corrected chi connectivity index (χ3v) is 3.37. The smallest absolute Gasteiger partial charge is 0.337 e. The fourth-order valence-corrected chi connectivity index (χ4v) is 2.05. The molecular formula is C17H16ClNO4. The topological polar surface area (TPSA) is 64.6 Å². The number of nitrogens with one attached hydrogen (secondary N) is 1. The molecule has 0 fully saturated rings. The SMILES string of the molecule is COC(=O)c1cccc(NC(=O)C(C)Oc2ccccc2Cl)c1. The van der Waals surface area contributed by atoms with Gasteiger partial charge in [-0.15, -0.1) is 0 Å². The van der Waals surface area contributed by atoms with Gasteiger partial charge in [0.1, 0.15) is 5.75 Å². The molecule has 0 radical (unpaired) electrons. The van der Waals surface area contributed by atoms with E-state index in [1.54, 1.807) is 49.4 Å². The molecule has 1 amide bonds. The monoisotopic (exact) mass is 333 g/mol. The van der Waals surface area contributed by atoms with Gasteiger partial charge in [0.05, 0.1) is 17.7 Å². The van der Waals surface area contributed by atoms with Crippen molar-refractivity contribution in [3.05, 3.63) is 59.1 Å². The van der Waals surface area contributed by atoms with E-state index in [0.717, 1.165) is 0 Å². The molecular weight excluding hydrogens is 318 g/mol. The van der Waals surface area contributed by atoms with Crippen LogP contribution in [-0.4, -0.2) is 25.1 Å². The van der Waals surface area contributed by atoms with Crippen LogP contribution in [-0.2, 0) is 9.53 Å². The van der Waals surface area contributed by atoms with Gasteiger partial charge in [-0.25, -0.2) is 4.79 Å². The first-order valence-electron chi connectivity index (χ1n) is 6.91. The molecule has 120 valence electrons. The highest BCUT2D eigenvalue weighted by atomic mass is 35.5. The number of amides is 1. The largest absolute Gasteiger partial charge is 0.479 e. The number of rotatable bonds is 5. The van der Waals surface area contributed by atoms with Crippen molar-refractivity contribution >= 4 is 29.2 Å². The molecule has 23 heavy (non-hydrogen) atoms. The van der Waals surface area contributed by atoms with Crippen LogP contribution in [0.2, 0.25) is 5.02 Å². The Morgan fingerprint density at radius 2 is 1.87 bits per heavy atom. The summed E-state index contributed by atoms with van der Waals surface area (Å²) in [7, 11) is 1.30. The number of anilines is 1. The number of halogens is 1. The second-order valence-corrected chi connectivity index (χ2v) is 5.16. The first-order chi connectivity index (χ1) is 11.0. The summed E-state index contributed by atoms with van der Waals surface area (Å²) < 4.78 is 10.2. The molecule has 0 aliphatic rings. The first kappa shape index (κ1) is 16.8. The Labute approximate surface area is 139 Å². The Kier molecular flexibility index (Phi) is 5.60. The van der Waals surface area contributed by atoms with Gasteiger partial charge in [-0.05, 0) is 37.3 Å². The van der Waals surface area contributed by atoms with Crippen LogP contribution in [0.15, 0.2) is 48.5 Å². The summed E-state index contributed by atoms with van der Waals surface area (Å²) in [5, 5.41) is 3.12. The second-order valence-electron chi connectivity index (χ2n) is 4.75. The summed E-state index contributed by atoms with van der Waals surface area (Å²) in [6.07, 6.45) is -0.753. The number of para-hydroxylation sites is 1. The zero-order valence-corrected chi connectivity index (χ0v) is 13.5. The van der Waals surface area contributed by atoms with E-state index in [2.05, 4.69) is 10.1 Å².